The predicted octanol–water partition coefficient (Wildman–Crippen LogP) is 1.44. The SMILES string of the molecule is Nc1cc(Cl)c(Sc2nc(N)cc(=O)[nH]2)c(C(=O)O)c1. The Labute approximate surface area is 122 Å². The zero-order valence-electron chi connectivity index (χ0n) is 9.88. The summed E-state index contributed by atoms with van der Waals surface area (Å²) >= 11 is 6.88. The molecule has 1 aromatic heterocycles. The summed E-state index contributed by atoms with van der Waals surface area (Å²) in [5.74, 6) is -1.16. The molecular formula is C11H9ClN4O3S. The molecule has 2 aromatic rings. The van der Waals surface area contributed by atoms with E-state index in [1.165, 1.54) is 12.1 Å². The van der Waals surface area contributed by atoms with Gasteiger partial charge in [-0.2, -0.15) is 0 Å². The average molecular weight is 313 g/mol. The monoisotopic (exact) mass is 312 g/mol. The van der Waals surface area contributed by atoms with E-state index in [-0.39, 0.29) is 32.1 Å². The Balaban J connectivity index is 2.52. The van der Waals surface area contributed by atoms with Crippen molar-refractivity contribution in [2.75, 3.05) is 11.5 Å². The third kappa shape index (κ3) is 3.03. The van der Waals surface area contributed by atoms with E-state index >= 15 is 0 Å². The number of nitrogen functional groups attached to an aromatic ring is 2. The first-order valence-corrected chi connectivity index (χ1v) is 6.43. The Kier molecular flexibility index (Phi) is 3.86. The van der Waals surface area contributed by atoms with Crippen LogP contribution in [0, 0.1) is 0 Å². The maximum Gasteiger partial charge on any atom is 0.336 e. The Morgan fingerprint density at radius 1 is 1.35 bits per heavy atom. The van der Waals surface area contributed by atoms with Gasteiger partial charge >= 0.3 is 5.97 Å². The summed E-state index contributed by atoms with van der Waals surface area (Å²) in [6.45, 7) is 0. The number of benzene rings is 1. The van der Waals surface area contributed by atoms with E-state index in [1.807, 2.05) is 0 Å². The van der Waals surface area contributed by atoms with E-state index in [1.54, 1.807) is 0 Å². The number of anilines is 2. The molecule has 2 rings (SSSR count). The number of carbonyl (C=O) groups is 1. The van der Waals surface area contributed by atoms with Crippen LogP contribution in [0.5, 0.6) is 0 Å². The van der Waals surface area contributed by atoms with Crippen molar-refractivity contribution < 1.29 is 9.90 Å². The highest BCUT2D eigenvalue weighted by Gasteiger charge is 2.17. The van der Waals surface area contributed by atoms with Gasteiger partial charge in [0, 0.05) is 16.6 Å². The van der Waals surface area contributed by atoms with Crippen LogP contribution in [-0.2, 0) is 0 Å². The number of carboxylic acids is 1. The van der Waals surface area contributed by atoms with E-state index in [2.05, 4.69) is 9.97 Å². The molecule has 104 valence electrons. The van der Waals surface area contributed by atoms with Gasteiger partial charge in [-0.15, -0.1) is 0 Å². The van der Waals surface area contributed by atoms with Gasteiger partial charge in [-0.3, -0.25) is 4.79 Å². The van der Waals surface area contributed by atoms with Crippen molar-refractivity contribution in [1.29, 1.82) is 0 Å². The molecule has 0 aliphatic carbocycles. The number of aromatic amines is 1. The van der Waals surface area contributed by atoms with Crippen molar-refractivity contribution in [1.82, 2.24) is 9.97 Å². The van der Waals surface area contributed by atoms with Crippen molar-refractivity contribution in [3.63, 3.8) is 0 Å². The molecule has 0 saturated heterocycles. The van der Waals surface area contributed by atoms with Crippen LogP contribution in [-0.4, -0.2) is 21.0 Å². The molecule has 0 saturated carbocycles. The van der Waals surface area contributed by atoms with E-state index < -0.39 is 11.5 Å². The number of halogens is 1. The first-order valence-electron chi connectivity index (χ1n) is 5.24. The fourth-order valence-electron chi connectivity index (χ4n) is 1.48. The maximum atomic E-state index is 11.3. The summed E-state index contributed by atoms with van der Waals surface area (Å²) in [4.78, 5) is 29.1. The van der Waals surface area contributed by atoms with Gasteiger partial charge < -0.3 is 21.6 Å². The van der Waals surface area contributed by atoms with Crippen molar-refractivity contribution in [3.8, 4) is 0 Å². The van der Waals surface area contributed by atoms with Crippen molar-refractivity contribution in [2.24, 2.45) is 0 Å². The summed E-state index contributed by atoms with van der Waals surface area (Å²) < 4.78 is 0. The van der Waals surface area contributed by atoms with Gasteiger partial charge in [0.05, 0.1) is 10.6 Å². The highest BCUT2D eigenvalue weighted by Crippen LogP contribution is 2.36. The average Bonchev–Trinajstić information content (AvgIpc) is 2.30. The lowest BCUT2D eigenvalue weighted by Gasteiger charge is -2.09. The molecule has 0 spiro atoms. The third-order valence-corrected chi connectivity index (χ3v) is 3.68. The van der Waals surface area contributed by atoms with Crippen LogP contribution in [0.1, 0.15) is 10.4 Å². The number of aromatic nitrogens is 2. The lowest BCUT2D eigenvalue weighted by molar-refractivity contribution is 0.0693. The fraction of sp³-hybridized carbons (Fsp3) is 0. The van der Waals surface area contributed by atoms with Gasteiger partial charge in [-0.25, -0.2) is 9.78 Å². The fourth-order valence-corrected chi connectivity index (χ4v) is 2.73. The number of rotatable bonds is 3. The van der Waals surface area contributed by atoms with Crippen molar-refractivity contribution in [3.05, 3.63) is 39.1 Å². The Morgan fingerprint density at radius 2 is 2.05 bits per heavy atom. The van der Waals surface area contributed by atoms with Gasteiger partial charge in [-0.1, -0.05) is 11.6 Å². The minimum Gasteiger partial charge on any atom is -0.478 e. The van der Waals surface area contributed by atoms with E-state index in [4.69, 9.17) is 28.2 Å². The molecular weight excluding hydrogens is 304 g/mol. The molecule has 20 heavy (non-hydrogen) atoms. The number of nitrogens with zero attached hydrogens (tertiary/aromatic N) is 1. The smallest absolute Gasteiger partial charge is 0.336 e. The highest BCUT2D eigenvalue weighted by atomic mass is 35.5. The Bertz CT molecular complexity index is 747. The maximum absolute atomic E-state index is 11.3. The minimum atomic E-state index is -1.19. The van der Waals surface area contributed by atoms with Crippen molar-refractivity contribution in [2.45, 2.75) is 10.1 Å². The van der Waals surface area contributed by atoms with Gasteiger partial charge in [0.25, 0.3) is 5.56 Å². The molecule has 0 unspecified atom stereocenters. The molecule has 0 amide bonds. The van der Waals surface area contributed by atoms with E-state index in [0.717, 1.165) is 17.8 Å². The number of hydrogen-bond acceptors (Lipinski definition) is 6. The van der Waals surface area contributed by atoms with Crippen LogP contribution in [0.3, 0.4) is 0 Å². The summed E-state index contributed by atoms with van der Waals surface area (Å²) in [5, 5.41) is 9.45. The third-order valence-electron chi connectivity index (χ3n) is 2.23. The van der Waals surface area contributed by atoms with Gasteiger partial charge in [-0.05, 0) is 23.9 Å². The lowest BCUT2D eigenvalue weighted by Crippen LogP contribution is -2.10. The summed E-state index contributed by atoms with van der Waals surface area (Å²) in [7, 11) is 0. The standard InChI is InChI=1S/C11H9ClN4O3S/c12-6-2-4(13)1-5(10(18)19)9(6)20-11-15-7(14)3-8(17)16-11/h1-3H,13H2,(H,18,19)(H3,14,15,16,17). The van der Waals surface area contributed by atoms with E-state index in [0.29, 0.717) is 0 Å². The second-order valence-electron chi connectivity index (χ2n) is 3.76. The Morgan fingerprint density at radius 3 is 2.65 bits per heavy atom. The van der Waals surface area contributed by atoms with Crippen LogP contribution in [0.4, 0.5) is 11.5 Å². The van der Waals surface area contributed by atoms with Crippen LogP contribution in [0.2, 0.25) is 5.02 Å². The molecule has 0 bridgehead atoms. The topological polar surface area (TPSA) is 135 Å². The predicted molar refractivity (Wildman–Crippen MR) is 76.2 cm³/mol. The summed E-state index contributed by atoms with van der Waals surface area (Å²) in [5.41, 5.74) is 10.7. The molecule has 9 heteroatoms. The number of H-pyrrole nitrogens is 1. The van der Waals surface area contributed by atoms with Gasteiger partial charge in [0.15, 0.2) is 5.16 Å². The lowest BCUT2D eigenvalue weighted by atomic mass is 10.2. The summed E-state index contributed by atoms with van der Waals surface area (Å²) in [6.07, 6.45) is 0. The molecule has 0 radical (unpaired) electrons. The minimum absolute atomic E-state index is 0.0275. The molecule has 1 aromatic carbocycles. The molecule has 0 aliphatic rings. The molecule has 6 N–H and O–H groups in total. The zero-order valence-corrected chi connectivity index (χ0v) is 11.5. The molecule has 7 nitrogen and oxygen atoms in total. The van der Waals surface area contributed by atoms with E-state index in [9.17, 15) is 9.59 Å². The molecule has 0 fully saturated rings. The molecule has 0 atom stereocenters. The second-order valence-corrected chi connectivity index (χ2v) is 5.17. The van der Waals surface area contributed by atoms with Crippen LogP contribution >= 0.6 is 23.4 Å². The van der Waals surface area contributed by atoms with Crippen molar-refractivity contribution >= 4 is 40.8 Å². The van der Waals surface area contributed by atoms with Crippen LogP contribution < -0.4 is 17.0 Å². The number of hydrogen-bond donors (Lipinski definition) is 4. The first kappa shape index (κ1) is 14.2. The van der Waals surface area contributed by atoms with Crippen LogP contribution in [0.15, 0.2) is 33.0 Å². The van der Waals surface area contributed by atoms with Gasteiger partial charge in [0.1, 0.15) is 5.82 Å². The normalized spacial score (nSPS) is 10.4. The quantitative estimate of drug-likeness (QED) is 0.497. The number of carboxylic acid groups (broad SMARTS) is 1. The first-order chi connectivity index (χ1) is 9.36. The second kappa shape index (κ2) is 5.43. The number of aromatic carboxylic acids is 1. The number of nitrogens with one attached hydrogen (secondary N) is 1. The van der Waals surface area contributed by atoms with Crippen LogP contribution in [0.25, 0.3) is 0 Å². The number of nitrogens with two attached hydrogens (primary N) is 2. The molecule has 1 heterocycles. The Hall–Kier alpha value is -2.19. The largest absolute Gasteiger partial charge is 0.478 e. The van der Waals surface area contributed by atoms with Gasteiger partial charge in [0.2, 0.25) is 0 Å². The highest BCUT2D eigenvalue weighted by molar-refractivity contribution is 7.99. The summed E-state index contributed by atoms with van der Waals surface area (Å²) in [6, 6.07) is 3.81. The zero-order chi connectivity index (χ0) is 14.9. The molecule has 0 aliphatic heterocycles.